The molecule has 0 bridgehead atoms. The molecule has 1 N–H and O–H groups in total. The number of hydrogen-bond donors (Lipinski definition) is 1. The fraction of sp³-hybridized carbons (Fsp3) is 0.611. The second-order valence-corrected chi connectivity index (χ2v) is 6.46. The van der Waals surface area contributed by atoms with Crippen LogP contribution in [0.15, 0.2) is 24.3 Å². The zero-order chi connectivity index (χ0) is 14.7. The van der Waals surface area contributed by atoms with Gasteiger partial charge in [0.25, 0.3) is 0 Å². The molecule has 112 valence electrons. The Morgan fingerprint density at radius 1 is 1.19 bits per heavy atom. The van der Waals surface area contributed by atoms with Gasteiger partial charge in [-0.25, -0.2) is 0 Å². The fourth-order valence-corrected chi connectivity index (χ4v) is 3.78. The van der Waals surface area contributed by atoms with E-state index in [0.29, 0.717) is 12.0 Å². The van der Waals surface area contributed by atoms with Crippen LogP contribution in [0.4, 0.5) is 0 Å². The minimum atomic E-state index is 0.514. The van der Waals surface area contributed by atoms with Gasteiger partial charge in [-0.2, -0.15) is 5.26 Å². The summed E-state index contributed by atoms with van der Waals surface area (Å²) in [6, 6.07) is 11.8. The minimum absolute atomic E-state index is 0.514. The molecule has 2 unspecified atom stereocenters. The zero-order valence-electron chi connectivity index (χ0n) is 12.9. The van der Waals surface area contributed by atoms with Crippen molar-refractivity contribution in [2.24, 2.45) is 5.92 Å². The Morgan fingerprint density at radius 2 is 1.95 bits per heavy atom. The van der Waals surface area contributed by atoms with Gasteiger partial charge in [-0.3, -0.25) is 4.90 Å². The van der Waals surface area contributed by atoms with Gasteiger partial charge in [0.2, 0.25) is 0 Å². The van der Waals surface area contributed by atoms with Gasteiger partial charge >= 0.3 is 0 Å². The summed E-state index contributed by atoms with van der Waals surface area (Å²) in [4.78, 5) is 2.75. The maximum absolute atomic E-state index is 9.00. The topological polar surface area (TPSA) is 39.1 Å². The average molecular weight is 283 g/mol. The summed E-state index contributed by atoms with van der Waals surface area (Å²) in [5, 5.41) is 12.4. The van der Waals surface area contributed by atoms with Gasteiger partial charge < -0.3 is 5.32 Å². The third kappa shape index (κ3) is 3.28. The van der Waals surface area contributed by atoms with Crippen LogP contribution in [0.2, 0.25) is 0 Å². The second-order valence-electron chi connectivity index (χ2n) is 6.46. The molecular weight excluding hydrogens is 258 g/mol. The molecule has 0 spiro atoms. The molecule has 3 rings (SSSR count). The Labute approximate surface area is 128 Å². The van der Waals surface area contributed by atoms with E-state index in [0.717, 1.165) is 18.2 Å². The van der Waals surface area contributed by atoms with E-state index < -0.39 is 0 Å². The van der Waals surface area contributed by atoms with E-state index in [1.165, 1.54) is 44.2 Å². The highest BCUT2D eigenvalue weighted by Crippen LogP contribution is 2.41. The molecule has 1 saturated carbocycles. The predicted octanol–water partition coefficient (Wildman–Crippen LogP) is 3.08. The smallest absolute Gasteiger partial charge is 0.0991 e. The predicted molar refractivity (Wildman–Crippen MR) is 84.9 cm³/mol. The Hall–Kier alpha value is -1.37. The van der Waals surface area contributed by atoms with Crippen LogP contribution in [0.5, 0.6) is 0 Å². The summed E-state index contributed by atoms with van der Waals surface area (Å²) >= 11 is 0. The van der Waals surface area contributed by atoms with E-state index in [1.54, 1.807) is 0 Å². The van der Waals surface area contributed by atoms with E-state index in [1.807, 2.05) is 12.1 Å². The van der Waals surface area contributed by atoms with E-state index in [4.69, 9.17) is 5.26 Å². The molecule has 1 aromatic carbocycles. The molecule has 0 amide bonds. The summed E-state index contributed by atoms with van der Waals surface area (Å²) in [5.41, 5.74) is 2.15. The fourth-order valence-electron chi connectivity index (χ4n) is 3.78. The molecule has 1 aromatic rings. The van der Waals surface area contributed by atoms with Crippen molar-refractivity contribution >= 4 is 0 Å². The Balaban J connectivity index is 1.90. The van der Waals surface area contributed by atoms with Gasteiger partial charge in [0.05, 0.1) is 11.6 Å². The molecule has 1 aliphatic heterocycles. The minimum Gasteiger partial charge on any atom is -0.319 e. The molecular formula is C18H25N3. The van der Waals surface area contributed by atoms with Crippen LogP contribution in [0.25, 0.3) is 0 Å². The summed E-state index contributed by atoms with van der Waals surface area (Å²) in [5.74, 6) is 0.672. The standard InChI is InChI=1S/C18H25N3/c1-20-13-16-4-2-3-11-21(17-9-10-17)18(16)15-7-5-14(12-19)6-8-15/h5-8,16-18,20H,2-4,9-11,13H2,1H3. The van der Waals surface area contributed by atoms with Crippen LogP contribution in [0.3, 0.4) is 0 Å². The molecule has 21 heavy (non-hydrogen) atoms. The number of nitrogens with zero attached hydrogens (tertiary/aromatic N) is 2. The van der Waals surface area contributed by atoms with E-state index in [2.05, 4.69) is 35.5 Å². The quantitative estimate of drug-likeness (QED) is 0.923. The number of rotatable bonds is 4. The van der Waals surface area contributed by atoms with Crippen molar-refractivity contribution in [1.82, 2.24) is 10.2 Å². The Morgan fingerprint density at radius 3 is 2.57 bits per heavy atom. The van der Waals surface area contributed by atoms with E-state index in [-0.39, 0.29) is 0 Å². The Kier molecular flexibility index (Phi) is 4.57. The van der Waals surface area contributed by atoms with Crippen LogP contribution >= 0.6 is 0 Å². The van der Waals surface area contributed by atoms with Crippen molar-refractivity contribution in [2.75, 3.05) is 20.1 Å². The lowest BCUT2D eigenvalue weighted by atomic mass is 9.88. The molecule has 1 aliphatic carbocycles. The molecule has 1 saturated heterocycles. The summed E-state index contributed by atoms with van der Waals surface area (Å²) in [6.45, 7) is 2.31. The van der Waals surface area contributed by atoms with Gasteiger partial charge in [-0.15, -0.1) is 0 Å². The highest BCUT2D eigenvalue weighted by molar-refractivity contribution is 5.33. The molecule has 1 heterocycles. The maximum Gasteiger partial charge on any atom is 0.0991 e. The first-order valence-electron chi connectivity index (χ1n) is 8.24. The van der Waals surface area contributed by atoms with Crippen LogP contribution in [-0.2, 0) is 0 Å². The number of hydrogen-bond acceptors (Lipinski definition) is 3. The van der Waals surface area contributed by atoms with Crippen molar-refractivity contribution in [2.45, 2.75) is 44.2 Å². The van der Waals surface area contributed by atoms with Crippen molar-refractivity contribution in [3.63, 3.8) is 0 Å². The number of likely N-dealkylation sites (tertiary alicyclic amines) is 1. The zero-order valence-corrected chi connectivity index (χ0v) is 12.9. The van der Waals surface area contributed by atoms with Crippen molar-refractivity contribution in [3.8, 4) is 6.07 Å². The van der Waals surface area contributed by atoms with E-state index in [9.17, 15) is 0 Å². The lowest BCUT2D eigenvalue weighted by Gasteiger charge is -2.36. The van der Waals surface area contributed by atoms with Gasteiger partial charge in [0.15, 0.2) is 0 Å². The maximum atomic E-state index is 9.00. The van der Waals surface area contributed by atoms with Crippen LogP contribution < -0.4 is 5.32 Å². The molecule has 2 aliphatic rings. The van der Waals surface area contributed by atoms with Gasteiger partial charge in [0.1, 0.15) is 0 Å². The SMILES string of the molecule is CNCC1CCCCN(C2CC2)C1c1ccc(C#N)cc1. The number of benzene rings is 1. The van der Waals surface area contributed by atoms with Crippen LogP contribution in [0, 0.1) is 17.2 Å². The number of nitrogens with one attached hydrogen (secondary N) is 1. The van der Waals surface area contributed by atoms with Crippen molar-refractivity contribution < 1.29 is 0 Å². The highest BCUT2D eigenvalue weighted by atomic mass is 15.2. The molecule has 2 atom stereocenters. The third-order valence-electron chi connectivity index (χ3n) is 4.91. The van der Waals surface area contributed by atoms with Gasteiger partial charge in [-0.1, -0.05) is 18.6 Å². The normalized spacial score (nSPS) is 27.0. The van der Waals surface area contributed by atoms with Gasteiger partial charge in [0, 0.05) is 12.1 Å². The average Bonchev–Trinajstić information content (AvgIpc) is 3.34. The largest absolute Gasteiger partial charge is 0.319 e. The van der Waals surface area contributed by atoms with Crippen molar-refractivity contribution in [1.29, 1.82) is 5.26 Å². The first kappa shape index (κ1) is 14.6. The number of nitriles is 1. The molecule has 3 heteroatoms. The van der Waals surface area contributed by atoms with Gasteiger partial charge in [-0.05, 0) is 69.4 Å². The van der Waals surface area contributed by atoms with Crippen molar-refractivity contribution in [3.05, 3.63) is 35.4 Å². The lowest BCUT2D eigenvalue weighted by Crippen LogP contribution is -2.37. The molecule has 3 nitrogen and oxygen atoms in total. The Bertz CT molecular complexity index is 498. The molecule has 0 aromatic heterocycles. The first-order valence-corrected chi connectivity index (χ1v) is 8.24. The third-order valence-corrected chi connectivity index (χ3v) is 4.91. The second kappa shape index (κ2) is 6.60. The van der Waals surface area contributed by atoms with E-state index >= 15 is 0 Å². The summed E-state index contributed by atoms with van der Waals surface area (Å²) < 4.78 is 0. The highest BCUT2D eigenvalue weighted by Gasteiger charge is 2.38. The first-order chi connectivity index (χ1) is 10.3. The van der Waals surface area contributed by atoms with Crippen LogP contribution in [-0.4, -0.2) is 31.1 Å². The molecule has 2 fully saturated rings. The summed E-state index contributed by atoms with van der Waals surface area (Å²) in [7, 11) is 2.06. The lowest BCUT2D eigenvalue weighted by molar-refractivity contribution is 0.145. The van der Waals surface area contributed by atoms with Crippen LogP contribution in [0.1, 0.15) is 49.3 Å². The molecule has 0 radical (unpaired) electrons. The monoisotopic (exact) mass is 283 g/mol. The summed E-state index contributed by atoms with van der Waals surface area (Å²) in [6.07, 6.45) is 6.68.